The Bertz CT molecular complexity index is 712. The van der Waals surface area contributed by atoms with Crippen molar-refractivity contribution in [1.29, 1.82) is 0 Å². The van der Waals surface area contributed by atoms with Crippen molar-refractivity contribution in [2.24, 2.45) is 10.7 Å². The number of aromatic nitrogens is 1. The van der Waals surface area contributed by atoms with E-state index in [1.165, 1.54) is 18.4 Å². The number of pyridine rings is 1. The molecule has 0 bridgehead atoms. The smallest absolute Gasteiger partial charge is 0.218 e. The highest BCUT2D eigenvalue weighted by Crippen LogP contribution is 2.25. The molecule has 0 spiro atoms. The van der Waals surface area contributed by atoms with Gasteiger partial charge in [0, 0.05) is 17.4 Å². The van der Waals surface area contributed by atoms with Crippen molar-refractivity contribution >= 4 is 35.6 Å². The fourth-order valence-electron chi connectivity index (χ4n) is 3.00. The highest BCUT2D eigenvalue weighted by atomic mass is 127. The van der Waals surface area contributed by atoms with Crippen molar-refractivity contribution in [2.75, 3.05) is 5.32 Å². The van der Waals surface area contributed by atoms with Gasteiger partial charge in [-0.15, -0.1) is 24.0 Å². The first-order valence-electron chi connectivity index (χ1n) is 9.01. The lowest BCUT2D eigenvalue weighted by Crippen LogP contribution is -2.22. The summed E-state index contributed by atoms with van der Waals surface area (Å²) in [6, 6.07) is 12.1. The molecule has 1 fully saturated rings. The molecule has 3 rings (SSSR count). The van der Waals surface area contributed by atoms with Crippen LogP contribution in [0.5, 0.6) is 5.88 Å². The molecule has 2 aromatic rings. The Balaban J connectivity index is 0.00000243. The van der Waals surface area contributed by atoms with Gasteiger partial charge in [-0.25, -0.2) is 9.98 Å². The molecular weight excluding hydrogens is 439 g/mol. The molecule has 1 aromatic carbocycles. The van der Waals surface area contributed by atoms with Crippen molar-refractivity contribution in [3.8, 4) is 5.88 Å². The molecule has 0 unspecified atom stereocenters. The van der Waals surface area contributed by atoms with Gasteiger partial charge in [0.2, 0.25) is 5.88 Å². The van der Waals surface area contributed by atoms with E-state index in [2.05, 4.69) is 34.3 Å². The highest BCUT2D eigenvalue weighted by molar-refractivity contribution is 14.0. The number of anilines is 1. The summed E-state index contributed by atoms with van der Waals surface area (Å²) < 4.78 is 6.04. The monoisotopic (exact) mass is 466 g/mol. The Morgan fingerprint density at radius 3 is 2.65 bits per heavy atom. The maximum absolute atomic E-state index is 6.04. The minimum absolute atomic E-state index is 0. The second-order valence-electron chi connectivity index (χ2n) is 6.37. The van der Waals surface area contributed by atoms with Crippen LogP contribution in [-0.2, 0) is 13.0 Å². The Morgan fingerprint density at radius 1 is 1.23 bits per heavy atom. The van der Waals surface area contributed by atoms with E-state index in [4.69, 9.17) is 10.5 Å². The number of rotatable bonds is 6. The summed E-state index contributed by atoms with van der Waals surface area (Å²) in [6.07, 6.45) is 7.75. The van der Waals surface area contributed by atoms with Crippen LogP contribution in [0.2, 0.25) is 0 Å². The SMILES string of the molecule is CCc1ccc(NC(N)=NCc2cccnc2OC2CCCC2)cc1.I. The third kappa shape index (κ3) is 5.86. The first-order chi connectivity index (χ1) is 12.2. The molecule has 0 saturated heterocycles. The van der Waals surface area contributed by atoms with Gasteiger partial charge in [0.05, 0.1) is 6.54 Å². The zero-order valence-electron chi connectivity index (χ0n) is 15.1. The minimum Gasteiger partial charge on any atom is -0.474 e. The second-order valence-corrected chi connectivity index (χ2v) is 6.37. The fraction of sp³-hybridized carbons (Fsp3) is 0.400. The zero-order chi connectivity index (χ0) is 17.5. The Labute approximate surface area is 172 Å². The molecule has 1 heterocycles. The van der Waals surface area contributed by atoms with Crippen molar-refractivity contribution in [3.63, 3.8) is 0 Å². The molecule has 1 aliphatic carbocycles. The highest BCUT2D eigenvalue weighted by Gasteiger charge is 2.18. The molecule has 1 saturated carbocycles. The van der Waals surface area contributed by atoms with Gasteiger partial charge < -0.3 is 15.8 Å². The number of hydrogen-bond donors (Lipinski definition) is 2. The molecule has 0 aliphatic heterocycles. The lowest BCUT2D eigenvalue weighted by Gasteiger charge is -2.14. The summed E-state index contributed by atoms with van der Waals surface area (Å²) in [6.45, 7) is 2.58. The number of guanidine groups is 1. The lowest BCUT2D eigenvalue weighted by atomic mass is 10.1. The molecule has 0 radical (unpaired) electrons. The summed E-state index contributed by atoms with van der Waals surface area (Å²) in [5, 5.41) is 3.12. The van der Waals surface area contributed by atoms with E-state index in [-0.39, 0.29) is 30.1 Å². The molecule has 140 valence electrons. The van der Waals surface area contributed by atoms with E-state index in [0.717, 1.165) is 30.5 Å². The number of nitrogens with zero attached hydrogens (tertiary/aromatic N) is 2. The van der Waals surface area contributed by atoms with Crippen LogP contribution in [0.3, 0.4) is 0 Å². The van der Waals surface area contributed by atoms with Gasteiger partial charge in [-0.2, -0.15) is 0 Å². The van der Waals surface area contributed by atoms with E-state index in [9.17, 15) is 0 Å². The maximum Gasteiger partial charge on any atom is 0.218 e. The molecular formula is C20H27IN4O. The van der Waals surface area contributed by atoms with Crippen LogP contribution in [0.25, 0.3) is 0 Å². The Kier molecular flexibility index (Phi) is 8.15. The first kappa shape index (κ1) is 20.5. The topological polar surface area (TPSA) is 72.5 Å². The van der Waals surface area contributed by atoms with Crippen LogP contribution in [0, 0.1) is 0 Å². The number of hydrogen-bond acceptors (Lipinski definition) is 3. The van der Waals surface area contributed by atoms with Crippen LogP contribution < -0.4 is 15.8 Å². The van der Waals surface area contributed by atoms with Crippen LogP contribution in [-0.4, -0.2) is 17.0 Å². The summed E-state index contributed by atoms with van der Waals surface area (Å²) in [7, 11) is 0. The van der Waals surface area contributed by atoms with E-state index < -0.39 is 0 Å². The van der Waals surface area contributed by atoms with Crippen LogP contribution in [0.15, 0.2) is 47.6 Å². The molecule has 5 nitrogen and oxygen atoms in total. The maximum atomic E-state index is 6.04. The van der Waals surface area contributed by atoms with Gasteiger partial charge in [0.1, 0.15) is 6.10 Å². The standard InChI is InChI=1S/C20H26N4O.HI/c1-2-15-9-11-17(12-10-15)24-20(21)23-14-16-6-5-13-22-19(16)25-18-7-3-4-8-18;/h5-6,9-13,18H,2-4,7-8,14H2,1H3,(H3,21,23,24);1H. The summed E-state index contributed by atoms with van der Waals surface area (Å²) in [5.41, 5.74) is 9.21. The van der Waals surface area contributed by atoms with Crippen LogP contribution in [0.1, 0.15) is 43.7 Å². The van der Waals surface area contributed by atoms with E-state index in [1.54, 1.807) is 6.20 Å². The molecule has 6 heteroatoms. The molecule has 1 aliphatic rings. The van der Waals surface area contributed by atoms with Crippen molar-refractivity contribution < 1.29 is 4.74 Å². The van der Waals surface area contributed by atoms with Crippen LogP contribution in [0.4, 0.5) is 5.69 Å². The van der Waals surface area contributed by atoms with Gasteiger partial charge in [0.15, 0.2) is 5.96 Å². The zero-order valence-corrected chi connectivity index (χ0v) is 17.5. The molecule has 0 amide bonds. The predicted molar refractivity (Wildman–Crippen MR) is 117 cm³/mol. The van der Waals surface area contributed by atoms with E-state index in [1.807, 2.05) is 24.3 Å². The number of benzene rings is 1. The van der Waals surface area contributed by atoms with Crippen LogP contribution >= 0.6 is 24.0 Å². The van der Waals surface area contributed by atoms with Gasteiger partial charge in [-0.3, -0.25) is 0 Å². The average Bonchev–Trinajstić information content (AvgIpc) is 3.15. The molecule has 26 heavy (non-hydrogen) atoms. The average molecular weight is 466 g/mol. The number of nitrogens with two attached hydrogens (primary N) is 1. The van der Waals surface area contributed by atoms with Gasteiger partial charge >= 0.3 is 0 Å². The number of aliphatic imine (C=N–C) groups is 1. The second kappa shape index (κ2) is 10.4. The molecule has 0 atom stereocenters. The quantitative estimate of drug-likeness (QED) is 0.373. The van der Waals surface area contributed by atoms with E-state index >= 15 is 0 Å². The van der Waals surface area contributed by atoms with Gasteiger partial charge in [-0.1, -0.05) is 25.1 Å². The fourth-order valence-corrected chi connectivity index (χ4v) is 3.00. The number of ether oxygens (including phenoxy) is 1. The minimum atomic E-state index is 0. The third-order valence-electron chi connectivity index (χ3n) is 4.48. The summed E-state index contributed by atoms with van der Waals surface area (Å²) in [4.78, 5) is 8.80. The third-order valence-corrected chi connectivity index (χ3v) is 4.48. The first-order valence-corrected chi connectivity index (χ1v) is 9.01. The van der Waals surface area contributed by atoms with E-state index in [0.29, 0.717) is 18.4 Å². The van der Waals surface area contributed by atoms with Crippen molar-refractivity contribution in [3.05, 3.63) is 53.7 Å². The number of aryl methyl sites for hydroxylation is 1. The molecule has 3 N–H and O–H groups in total. The number of halogens is 1. The normalized spacial score (nSPS) is 14.7. The van der Waals surface area contributed by atoms with Crippen molar-refractivity contribution in [2.45, 2.75) is 51.7 Å². The Morgan fingerprint density at radius 2 is 1.96 bits per heavy atom. The largest absolute Gasteiger partial charge is 0.474 e. The lowest BCUT2D eigenvalue weighted by molar-refractivity contribution is 0.199. The summed E-state index contributed by atoms with van der Waals surface area (Å²) in [5.74, 6) is 1.07. The Hall–Kier alpha value is -1.83. The van der Waals surface area contributed by atoms with Gasteiger partial charge in [0.25, 0.3) is 0 Å². The van der Waals surface area contributed by atoms with Crippen molar-refractivity contribution in [1.82, 2.24) is 4.98 Å². The summed E-state index contributed by atoms with van der Waals surface area (Å²) >= 11 is 0. The predicted octanol–water partition coefficient (Wildman–Crippen LogP) is 4.51. The number of nitrogens with one attached hydrogen (secondary N) is 1. The van der Waals surface area contributed by atoms with Gasteiger partial charge in [-0.05, 0) is 55.9 Å². The molecule has 1 aromatic heterocycles.